The minimum Gasteiger partial charge on any atom is -0.463 e. The van der Waals surface area contributed by atoms with E-state index in [2.05, 4.69) is 0 Å². The third kappa shape index (κ3) is 9.06. The standard InChI is InChI=1S/C24H34O17/c1-10(26)33-8-17-19(35-12(3)28)22(38-15(6)31)24(40-17,9-34-11(2)27)41-23-21(37-14(5)30)20(36-13(4)29)18(32)16(7-25)39-23/h16-23,25,32H,7-9H2,1-6H3/t16-,17-,18-,19-,20+,21-,22+,23-,24+/m1/s1. The zero-order chi connectivity index (χ0) is 31.1. The average molecular weight is 595 g/mol. The molecule has 2 heterocycles. The highest BCUT2D eigenvalue weighted by atomic mass is 16.8. The molecule has 17 nitrogen and oxygen atoms in total. The summed E-state index contributed by atoms with van der Waals surface area (Å²) in [4.78, 5) is 71.3. The minimum absolute atomic E-state index is 0.552. The summed E-state index contributed by atoms with van der Waals surface area (Å²) >= 11 is 0. The number of aliphatic hydroxyl groups is 2. The highest BCUT2D eigenvalue weighted by Gasteiger charge is 2.64. The van der Waals surface area contributed by atoms with Crippen LogP contribution in [0.4, 0.5) is 0 Å². The lowest BCUT2D eigenvalue weighted by atomic mass is 9.98. The van der Waals surface area contributed by atoms with Gasteiger partial charge in [0.2, 0.25) is 12.1 Å². The lowest BCUT2D eigenvalue weighted by Gasteiger charge is -2.45. The van der Waals surface area contributed by atoms with Gasteiger partial charge in [0.1, 0.15) is 31.5 Å². The smallest absolute Gasteiger partial charge is 0.303 e. The third-order valence-electron chi connectivity index (χ3n) is 5.69. The molecule has 0 radical (unpaired) electrons. The van der Waals surface area contributed by atoms with Crippen molar-refractivity contribution in [3.05, 3.63) is 0 Å². The Morgan fingerprint density at radius 2 is 1.20 bits per heavy atom. The molecular formula is C24H34O17. The Bertz CT molecular complexity index is 997. The lowest BCUT2D eigenvalue weighted by molar-refractivity contribution is -0.384. The van der Waals surface area contributed by atoms with Gasteiger partial charge in [0.05, 0.1) is 6.61 Å². The molecule has 2 aliphatic rings. The summed E-state index contributed by atoms with van der Waals surface area (Å²) in [5.41, 5.74) is 0. The van der Waals surface area contributed by atoms with Gasteiger partial charge in [-0.15, -0.1) is 0 Å². The van der Waals surface area contributed by atoms with E-state index in [1.165, 1.54) is 0 Å². The molecule has 2 saturated heterocycles. The predicted octanol–water partition coefficient (Wildman–Crippen LogP) is -1.97. The van der Waals surface area contributed by atoms with Crippen LogP contribution < -0.4 is 0 Å². The van der Waals surface area contributed by atoms with Crippen molar-refractivity contribution in [3.63, 3.8) is 0 Å². The van der Waals surface area contributed by atoms with Crippen LogP contribution in [0, 0.1) is 0 Å². The molecule has 0 aromatic heterocycles. The number of aliphatic hydroxyl groups excluding tert-OH is 2. The number of rotatable bonds is 11. The number of hydrogen-bond acceptors (Lipinski definition) is 17. The Morgan fingerprint density at radius 3 is 1.68 bits per heavy atom. The molecule has 2 N–H and O–H groups in total. The van der Waals surface area contributed by atoms with Crippen LogP contribution in [-0.2, 0) is 71.4 Å². The summed E-state index contributed by atoms with van der Waals surface area (Å²) in [7, 11) is 0. The molecule has 2 fully saturated rings. The summed E-state index contributed by atoms with van der Waals surface area (Å²) in [6.07, 6.45) is -13.0. The molecule has 0 aromatic rings. The first-order valence-electron chi connectivity index (χ1n) is 12.4. The normalized spacial score (nSPS) is 32.8. The van der Waals surface area contributed by atoms with Gasteiger partial charge in [0.25, 0.3) is 0 Å². The first kappa shape index (κ1) is 33.8. The van der Waals surface area contributed by atoms with Gasteiger partial charge in [0, 0.05) is 41.5 Å². The Hall–Kier alpha value is -3.38. The second kappa shape index (κ2) is 14.5. The molecule has 9 atom stereocenters. The first-order chi connectivity index (χ1) is 19.1. The topological polar surface area (TPSA) is 226 Å². The maximum Gasteiger partial charge on any atom is 0.303 e. The minimum atomic E-state index is -2.41. The SMILES string of the molecule is CC(=O)OC[C@H]1O[C@@](COC(C)=O)(O[C@H]2O[C@H](CO)[C@@H](O)[C@H](OC(C)=O)[C@H]2OC(C)=O)[C@@H](OC(C)=O)[C@@H]1OC(C)=O. The van der Waals surface area contributed by atoms with Gasteiger partial charge >= 0.3 is 35.8 Å². The average Bonchev–Trinajstić information content (AvgIpc) is 3.11. The summed E-state index contributed by atoms with van der Waals surface area (Å²) in [6, 6.07) is 0. The monoisotopic (exact) mass is 594 g/mol. The van der Waals surface area contributed by atoms with E-state index >= 15 is 0 Å². The molecule has 0 bridgehead atoms. The second-order valence-electron chi connectivity index (χ2n) is 9.14. The zero-order valence-electron chi connectivity index (χ0n) is 23.3. The maximum atomic E-state index is 12.2. The van der Waals surface area contributed by atoms with Crippen LogP contribution >= 0.6 is 0 Å². The van der Waals surface area contributed by atoms with E-state index in [4.69, 9.17) is 42.6 Å². The van der Waals surface area contributed by atoms with Crippen molar-refractivity contribution < 1.29 is 81.6 Å². The Kier molecular flexibility index (Phi) is 12.0. The van der Waals surface area contributed by atoms with Gasteiger partial charge in [0.15, 0.2) is 24.4 Å². The Balaban J connectivity index is 2.67. The molecule has 0 amide bonds. The van der Waals surface area contributed by atoms with Crippen molar-refractivity contribution in [2.75, 3.05) is 19.8 Å². The molecule has 17 heteroatoms. The van der Waals surface area contributed by atoms with Crippen LogP contribution in [0.3, 0.4) is 0 Å². The molecule has 0 unspecified atom stereocenters. The van der Waals surface area contributed by atoms with Crippen LogP contribution in [0.15, 0.2) is 0 Å². The molecular weight excluding hydrogens is 560 g/mol. The van der Waals surface area contributed by atoms with E-state index in [0.717, 1.165) is 41.5 Å². The van der Waals surface area contributed by atoms with Crippen molar-refractivity contribution in [3.8, 4) is 0 Å². The van der Waals surface area contributed by atoms with Gasteiger partial charge in [-0.05, 0) is 0 Å². The molecule has 0 aliphatic carbocycles. The maximum absolute atomic E-state index is 12.2. The second-order valence-corrected chi connectivity index (χ2v) is 9.14. The van der Waals surface area contributed by atoms with Gasteiger partial charge in [-0.1, -0.05) is 0 Å². The Labute approximate surface area is 234 Å². The van der Waals surface area contributed by atoms with E-state index in [1.54, 1.807) is 0 Å². The third-order valence-corrected chi connectivity index (χ3v) is 5.69. The number of hydrogen-bond donors (Lipinski definition) is 2. The number of carbonyl (C=O) groups is 6. The van der Waals surface area contributed by atoms with E-state index in [-0.39, 0.29) is 0 Å². The molecule has 2 aliphatic heterocycles. The zero-order valence-corrected chi connectivity index (χ0v) is 23.3. The van der Waals surface area contributed by atoms with Gasteiger partial charge in [-0.3, -0.25) is 28.8 Å². The van der Waals surface area contributed by atoms with Gasteiger partial charge in [-0.2, -0.15) is 0 Å². The van der Waals surface area contributed by atoms with Crippen LogP contribution in [0.25, 0.3) is 0 Å². The molecule has 41 heavy (non-hydrogen) atoms. The van der Waals surface area contributed by atoms with Gasteiger partial charge in [-0.25, -0.2) is 0 Å². The van der Waals surface area contributed by atoms with Crippen molar-refractivity contribution in [1.29, 1.82) is 0 Å². The van der Waals surface area contributed by atoms with Crippen LogP contribution in [0.5, 0.6) is 0 Å². The highest BCUT2D eigenvalue weighted by Crippen LogP contribution is 2.41. The Morgan fingerprint density at radius 1 is 0.683 bits per heavy atom. The number of esters is 6. The molecule has 232 valence electrons. The number of ether oxygens (including phenoxy) is 9. The quantitative estimate of drug-likeness (QED) is 0.195. The number of carbonyl (C=O) groups excluding carboxylic acids is 6. The predicted molar refractivity (Wildman–Crippen MR) is 126 cm³/mol. The summed E-state index contributed by atoms with van der Waals surface area (Å²) in [6.45, 7) is 3.96. The van der Waals surface area contributed by atoms with Crippen molar-refractivity contribution in [2.24, 2.45) is 0 Å². The van der Waals surface area contributed by atoms with Crippen LogP contribution in [0.2, 0.25) is 0 Å². The van der Waals surface area contributed by atoms with Crippen molar-refractivity contribution in [2.45, 2.75) is 96.3 Å². The first-order valence-corrected chi connectivity index (χ1v) is 12.4. The molecule has 0 aromatic carbocycles. The van der Waals surface area contributed by atoms with Crippen LogP contribution in [-0.4, -0.2) is 121 Å². The fourth-order valence-corrected chi connectivity index (χ4v) is 4.25. The highest BCUT2D eigenvalue weighted by molar-refractivity contribution is 5.69. The lowest BCUT2D eigenvalue weighted by Crippen LogP contribution is -2.65. The van der Waals surface area contributed by atoms with E-state index in [1.807, 2.05) is 0 Å². The summed E-state index contributed by atoms with van der Waals surface area (Å²) in [5, 5.41) is 20.5. The van der Waals surface area contributed by atoms with Crippen molar-refractivity contribution in [1.82, 2.24) is 0 Å². The summed E-state index contributed by atoms with van der Waals surface area (Å²) in [5.74, 6) is -7.62. The fourth-order valence-electron chi connectivity index (χ4n) is 4.25. The molecule has 0 spiro atoms. The van der Waals surface area contributed by atoms with E-state index < -0.39 is 110 Å². The molecule has 2 rings (SSSR count). The fraction of sp³-hybridized carbons (Fsp3) is 0.750. The van der Waals surface area contributed by atoms with Crippen molar-refractivity contribution >= 4 is 35.8 Å². The van der Waals surface area contributed by atoms with E-state index in [9.17, 15) is 39.0 Å². The van der Waals surface area contributed by atoms with Crippen LogP contribution in [0.1, 0.15) is 41.5 Å². The molecule has 0 saturated carbocycles. The van der Waals surface area contributed by atoms with E-state index in [0.29, 0.717) is 0 Å². The summed E-state index contributed by atoms with van der Waals surface area (Å²) < 4.78 is 48.8. The largest absolute Gasteiger partial charge is 0.463 e. The van der Waals surface area contributed by atoms with Gasteiger partial charge < -0.3 is 52.8 Å².